The van der Waals surface area contributed by atoms with E-state index in [9.17, 15) is 19.2 Å². The third-order valence-electron chi connectivity index (χ3n) is 7.72. The van der Waals surface area contributed by atoms with Crippen molar-refractivity contribution in [3.05, 3.63) is 166 Å². The fraction of sp³-hybridized carbons (Fsp3) is 0.184. The zero-order valence-electron chi connectivity index (χ0n) is 26.2. The number of benzene rings is 4. The van der Waals surface area contributed by atoms with Crippen LogP contribution in [0.25, 0.3) is 0 Å². The van der Waals surface area contributed by atoms with Gasteiger partial charge >= 0.3 is 17.9 Å². The quantitative estimate of drug-likeness (QED) is 0.0695. The van der Waals surface area contributed by atoms with E-state index in [1.807, 2.05) is 30.3 Å². The Labute approximate surface area is 286 Å². The number of thioether (sulfide) groups is 1. The number of ether oxygens (including phenoxy) is 4. The third-order valence-corrected chi connectivity index (χ3v) is 8.69. The van der Waals surface area contributed by atoms with E-state index in [1.54, 1.807) is 95.6 Å². The molecule has 0 spiro atoms. The van der Waals surface area contributed by atoms with Gasteiger partial charge in [-0.3, -0.25) is 9.36 Å². The van der Waals surface area contributed by atoms with Crippen LogP contribution in [-0.4, -0.2) is 58.1 Å². The van der Waals surface area contributed by atoms with Crippen molar-refractivity contribution in [3.63, 3.8) is 0 Å². The van der Waals surface area contributed by atoms with Gasteiger partial charge in [0.15, 0.2) is 23.6 Å². The molecule has 0 saturated carbocycles. The molecule has 10 nitrogen and oxygen atoms in total. The van der Waals surface area contributed by atoms with Crippen molar-refractivity contribution >= 4 is 29.7 Å². The molecule has 248 valence electrons. The summed E-state index contributed by atoms with van der Waals surface area (Å²) in [7, 11) is 0. The number of rotatable bonds is 12. The lowest BCUT2D eigenvalue weighted by Crippen LogP contribution is -2.41. The molecule has 4 aromatic carbocycles. The van der Waals surface area contributed by atoms with Crippen LogP contribution in [0, 0.1) is 0 Å². The summed E-state index contributed by atoms with van der Waals surface area (Å²) in [5.74, 6) is -1.41. The Kier molecular flexibility index (Phi) is 10.9. The molecule has 1 aromatic heterocycles. The Morgan fingerprint density at radius 1 is 0.673 bits per heavy atom. The average Bonchev–Trinajstić information content (AvgIpc) is 3.47. The van der Waals surface area contributed by atoms with Gasteiger partial charge in [-0.2, -0.15) is 4.98 Å². The van der Waals surface area contributed by atoms with Crippen LogP contribution in [-0.2, 0) is 25.4 Å². The first-order valence-corrected chi connectivity index (χ1v) is 16.6. The van der Waals surface area contributed by atoms with Crippen LogP contribution >= 0.6 is 11.8 Å². The van der Waals surface area contributed by atoms with Crippen LogP contribution in [0.4, 0.5) is 0 Å². The molecule has 1 aliphatic rings. The van der Waals surface area contributed by atoms with Crippen molar-refractivity contribution in [2.75, 3.05) is 12.4 Å². The summed E-state index contributed by atoms with van der Waals surface area (Å²) in [6, 6.07) is 36.3. The van der Waals surface area contributed by atoms with Crippen molar-refractivity contribution in [1.82, 2.24) is 9.55 Å². The molecule has 49 heavy (non-hydrogen) atoms. The van der Waals surface area contributed by atoms with Crippen LogP contribution in [0.1, 0.15) is 42.9 Å². The van der Waals surface area contributed by atoms with E-state index in [4.69, 9.17) is 18.9 Å². The molecule has 5 aromatic rings. The van der Waals surface area contributed by atoms with Crippen LogP contribution in [0.5, 0.6) is 0 Å². The first-order chi connectivity index (χ1) is 24.0. The van der Waals surface area contributed by atoms with Crippen LogP contribution in [0.15, 0.2) is 144 Å². The molecule has 0 bridgehead atoms. The molecular weight excluding hydrogens is 644 g/mol. The molecule has 1 fully saturated rings. The first kappa shape index (κ1) is 33.4. The van der Waals surface area contributed by atoms with Crippen molar-refractivity contribution in [1.29, 1.82) is 0 Å². The number of hydrogen-bond acceptors (Lipinski definition) is 10. The summed E-state index contributed by atoms with van der Waals surface area (Å²) >= 11 is 1.33. The molecule has 0 N–H and O–H groups in total. The standard InChI is InChI=1S/C38H32N2O8S/c41-31-21-23-40(38(39-31)49-24-22-26-13-5-1-6-14-26)34-33(48-37(44)29-19-11-4-12-20-29)32(47-36(43)28-17-9-3-10-18-28)30(46-34)25-45-35(42)27-15-7-2-8-16-27/h1-21,23,30,32-34H,22,24-25H2/t30-,32-,33-,34-/m1/s1. The minimum Gasteiger partial charge on any atom is -0.459 e. The van der Waals surface area contributed by atoms with Gasteiger partial charge in [0.05, 0.1) is 16.7 Å². The zero-order chi connectivity index (χ0) is 34.0. The first-order valence-electron chi connectivity index (χ1n) is 15.6. The highest BCUT2D eigenvalue weighted by molar-refractivity contribution is 7.99. The highest BCUT2D eigenvalue weighted by atomic mass is 32.2. The van der Waals surface area contributed by atoms with Crippen LogP contribution in [0.3, 0.4) is 0 Å². The van der Waals surface area contributed by atoms with E-state index < -0.39 is 48.0 Å². The van der Waals surface area contributed by atoms with E-state index >= 15 is 0 Å². The summed E-state index contributed by atoms with van der Waals surface area (Å²) in [6.07, 6.45) is -2.45. The highest BCUT2D eigenvalue weighted by Crippen LogP contribution is 2.37. The summed E-state index contributed by atoms with van der Waals surface area (Å²) in [6.45, 7) is -0.333. The minimum atomic E-state index is -1.24. The molecule has 0 aliphatic carbocycles. The van der Waals surface area contributed by atoms with Crippen molar-refractivity contribution in [3.8, 4) is 0 Å². The smallest absolute Gasteiger partial charge is 0.338 e. The van der Waals surface area contributed by atoms with Gasteiger partial charge in [-0.15, -0.1) is 0 Å². The maximum absolute atomic E-state index is 13.5. The topological polar surface area (TPSA) is 123 Å². The Morgan fingerprint density at radius 2 is 1.18 bits per heavy atom. The fourth-order valence-electron chi connectivity index (χ4n) is 5.28. The van der Waals surface area contributed by atoms with Gasteiger partial charge in [0.1, 0.15) is 12.7 Å². The van der Waals surface area contributed by atoms with Gasteiger partial charge in [-0.05, 0) is 48.4 Å². The van der Waals surface area contributed by atoms with E-state index in [0.29, 0.717) is 22.9 Å². The predicted octanol–water partition coefficient (Wildman–Crippen LogP) is 5.78. The molecule has 2 heterocycles. The Morgan fingerprint density at radius 3 is 1.76 bits per heavy atom. The maximum Gasteiger partial charge on any atom is 0.338 e. The molecule has 1 saturated heterocycles. The van der Waals surface area contributed by atoms with Gasteiger partial charge in [0.25, 0.3) is 5.56 Å². The van der Waals surface area contributed by atoms with E-state index in [2.05, 4.69) is 4.98 Å². The second-order valence-corrected chi connectivity index (χ2v) is 12.1. The van der Waals surface area contributed by atoms with Gasteiger partial charge in [0, 0.05) is 18.0 Å². The lowest BCUT2D eigenvalue weighted by molar-refractivity contribution is -0.0663. The summed E-state index contributed by atoms with van der Waals surface area (Å²) in [5.41, 5.74) is 1.50. The van der Waals surface area contributed by atoms with Gasteiger partial charge in [-0.25, -0.2) is 14.4 Å². The van der Waals surface area contributed by atoms with E-state index in [1.165, 1.54) is 24.0 Å². The van der Waals surface area contributed by atoms with Gasteiger partial charge in [0.2, 0.25) is 0 Å². The normalized spacial score (nSPS) is 18.4. The summed E-state index contributed by atoms with van der Waals surface area (Å²) in [5, 5.41) is 0.309. The van der Waals surface area contributed by atoms with Gasteiger partial charge in [-0.1, -0.05) is 96.7 Å². The zero-order valence-corrected chi connectivity index (χ0v) is 27.0. The monoisotopic (exact) mass is 676 g/mol. The van der Waals surface area contributed by atoms with E-state index in [0.717, 1.165) is 5.56 Å². The summed E-state index contributed by atoms with van der Waals surface area (Å²) in [4.78, 5) is 56.7. The average molecular weight is 677 g/mol. The van der Waals surface area contributed by atoms with E-state index in [-0.39, 0.29) is 17.7 Å². The van der Waals surface area contributed by atoms with Crippen molar-refractivity contribution in [2.45, 2.75) is 36.1 Å². The number of nitrogens with zero attached hydrogens (tertiary/aromatic N) is 2. The molecule has 1 aliphatic heterocycles. The Balaban J connectivity index is 1.34. The number of carbonyl (C=O) groups is 3. The molecule has 0 amide bonds. The fourth-order valence-corrected chi connectivity index (χ4v) is 6.27. The molecular formula is C38H32N2O8S. The number of aryl methyl sites for hydroxylation is 1. The predicted molar refractivity (Wildman–Crippen MR) is 181 cm³/mol. The lowest BCUT2D eigenvalue weighted by atomic mass is 10.1. The number of carbonyl (C=O) groups excluding carboxylic acids is 3. The van der Waals surface area contributed by atoms with Crippen molar-refractivity contribution in [2.24, 2.45) is 0 Å². The Hall–Kier alpha value is -5.52. The molecule has 0 radical (unpaired) electrons. The van der Waals surface area contributed by atoms with Crippen LogP contribution in [0.2, 0.25) is 0 Å². The third kappa shape index (κ3) is 8.50. The molecule has 0 unspecified atom stereocenters. The van der Waals surface area contributed by atoms with Gasteiger partial charge < -0.3 is 18.9 Å². The highest BCUT2D eigenvalue weighted by Gasteiger charge is 2.51. The number of aromatic nitrogens is 2. The van der Waals surface area contributed by atoms with Crippen LogP contribution < -0.4 is 5.56 Å². The minimum absolute atomic E-state index is 0.265. The maximum atomic E-state index is 13.5. The summed E-state index contributed by atoms with van der Waals surface area (Å²) < 4.78 is 25.8. The molecule has 4 atom stereocenters. The number of esters is 3. The number of hydrogen-bond donors (Lipinski definition) is 0. The second-order valence-electron chi connectivity index (χ2n) is 11.0. The second kappa shape index (κ2) is 16.1. The van der Waals surface area contributed by atoms with Crippen molar-refractivity contribution < 1.29 is 33.3 Å². The molecule has 6 rings (SSSR count). The lowest BCUT2D eigenvalue weighted by Gasteiger charge is -2.26. The molecule has 11 heteroatoms. The Bertz CT molecular complexity index is 1920. The largest absolute Gasteiger partial charge is 0.459 e. The SMILES string of the molecule is O=C(OC[C@H]1O[C@@H](n2ccc(=O)nc2SCCc2ccccc2)[C@H](OC(=O)c2ccccc2)[C@@H]1OC(=O)c1ccccc1)c1ccccc1.